The predicted octanol–water partition coefficient (Wildman–Crippen LogP) is 3.43. The Bertz CT molecular complexity index is 898. The lowest BCUT2D eigenvalue weighted by atomic mass is 9.63. The summed E-state index contributed by atoms with van der Waals surface area (Å²) in [6.45, 7) is 10.3. The van der Waals surface area contributed by atoms with Crippen molar-refractivity contribution in [2.24, 2.45) is 0 Å². The summed E-state index contributed by atoms with van der Waals surface area (Å²) in [5.74, 6) is 0.872. The summed E-state index contributed by atoms with van der Waals surface area (Å²) in [6.07, 6.45) is 3.96. The fourth-order valence-electron chi connectivity index (χ4n) is 3.99. The Balaban J connectivity index is 1.50. The van der Waals surface area contributed by atoms with Crippen LogP contribution in [0.15, 0.2) is 35.3 Å². The molecular weight excluding hydrogens is 328 g/mol. The molecule has 0 spiro atoms. The maximum Gasteiger partial charge on any atom is 0.300 e. The van der Waals surface area contributed by atoms with Crippen molar-refractivity contribution in [3.8, 4) is 11.8 Å². The van der Waals surface area contributed by atoms with Crippen LogP contribution >= 0.6 is 0 Å². The quantitative estimate of drug-likeness (QED) is 0.847. The van der Waals surface area contributed by atoms with Gasteiger partial charge in [-0.15, -0.1) is 0 Å². The van der Waals surface area contributed by atoms with E-state index in [-0.39, 0.29) is 22.5 Å². The first-order valence-electron chi connectivity index (χ1n) is 9.27. The van der Waals surface area contributed by atoms with Gasteiger partial charge in [-0.25, -0.2) is 0 Å². The van der Waals surface area contributed by atoms with E-state index in [0.717, 1.165) is 5.75 Å². The largest absolute Gasteiger partial charge is 0.490 e. The summed E-state index contributed by atoms with van der Waals surface area (Å²) in [4.78, 5) is 15.2. The van der Waals surface area contributed by atoms with Crippen LogP contribution in [0.1, 0.15) is 51.7 Å². The Morgan fingerprint density at radius 3 is 2.65 bits per heavy atom. The number of hydrogen-bond acceptors (Lipinski definition) is 4. The van der Waals surface area contributed by atoms with Crippen LogP contribution in [0.25, 0.3) is 0 Å². The molecule has 1 aliphatic carbocycles. The topological polar surface area (TPSA) is 53.4 Å². The van der Waals surface area contributed by atoms with Crippen LogP contribution in [-0.4, -0.2) is 22.3 Å². The molecule has 26 heavy (non-hydrogen) atoms. The monoisotopic (exact) mass is 354 g/mol. The molecule has 0 bridgehead atoms. The zero-order chi connectivity index (χ0) is 18.5. The van der Waals surface area contributed by atoms with Crippen molar-refractivity contribution >= 4 is 0 Å². The van der Waals surface area contributed by atoms with Gasteiger partial charge in [0.1, 0.15) is 12.4 Å². The van der Waals surface area contributed by atoms with Crippen molar-refractivity contribution in [2.75, 3.05) is 6.61 Å². The van der Waals surface area contributed by atoms with E-state index in [0.29, 0.717) is 19.2 Å². The van der Waals surface area contributed by atoms with E-state index in [2.05, 4.69) is 50.9 Å². The summed E-state index contributed by atoms with van der Waals surface area (Å²) in [5, 5.41) is 0. The van der Waals surface area contributed by atoms with Crippen LogP contribution in [0.4, 0.5) is 0 Å². The number of nitrogens with zero attached hydrogens (tertiary/aromatic N) is 2. The molecule has 0 N–H and O–H groups in total. The van der Waals surface area contributed by atoms with Gasteiger partial charge in [0.2, 0.25) is 0 Å². The van der Waals surface area contributed by atoms with Crippen LogP contribution in [0.3, 0.4) is 0 Å². The third-order valence-corrected chi connectivity index (χ3v) is 5.78. The lowest BCUT2D eigenvalue weighted by molar-refractivity contribution is 0.143. The average Bonchev–Trinajstić information content (AvgIpc) is 2.99. The number of benzene rings is 1. The highest BCUT2D eigenvalue weighted by Gasteiger charge is 2.37. The molecule has 0 radical (unpaired) electrons. The Hall–Kier alpha value is -2.30. The van der Waals surface area contributed by atoms with Gasteiger partial charge in [-0.2, -0.15) is 4.98 Å². The van der Waals surface area contributed by atoms with Crippen molar-refractivity contribution in [1.29, 1.82) is 0 Å². The molecule has 0 amide bonds. The Morgan fingerprint density at radius 1 is 1.15 bits per heavy atom. The smallest absolute Gasteiger partial charge is 0.300 e. The lowest BCUT2D eigenvalue weighted by Gasteiger charge is -2.41. The minimum Gasteiger partial charge on any atom is -0.490 e. The summed E-state index contributed by atoms with van der Waals surface area (Å²) in [7, 11) is 0. The van der Waals surface area contributed by atoms with Crippen molar-refractivity contribution < 1.29 is 9.47 Å². The minimum absolute atomic E-state index is 0.134. The lowest BCUT2D eigenvalue weighted by Crippen LogP contribution is -2.33. The molecule has 2 heterocycles. The number of rotatable bonds is 3. The van der Waals surface area contributed by atoms with E-state index >= 15 is 0 Å². The van der Waals surface area contributed by atoms with Crippen LogP contribution in [0.5, 0.6) is 11.8 Å². The van der Waals surface area contributed by atoms with Gasteiger partial charge in [0.25, 0.3) is 11.6 Å². The highest BCUT2D eigenvalue weighted by molar-refractivity contribution is 5.45. The van der Waals surface area contributed by atoms with E-state index in [4.69, 9.17) is 9.47 Å². The molecule has 5 heteroatoms. The standard InChI is InChI=1S/C21H26N2O3/c1-20(2)8-9-21(3,4)17-11-14(5-6-16(17)20)25-13-15-12-23-10-7-18(24)22-19(23)26-15/h5-7,10-11,15H,8-9,12-13H2,1-4H3. The number of hydrogen-bond donors (Lipinski definition) is 0. The summed E-state index contributed by atoms with van der Waals surface area (Å²) >= 11 is 0. The fraction of sp³-hybridized carbons (Fsp3) is 0.524. The summed E-state index contributed by atoms with van der Waals surface area (Å²) in [5.41, 5.74) is 2.90. The van der Waals surface area contributed by atoms with Crippen molar-refractivity contribution in [2.45, 2.75) is 64.0 Å². The van der Waals surface area contributed by atoms with Gasteiger partial charge in [-0.3, -0.25) is 9.36 Å². The second-order valence-corrected chi connectivity index (χ2v) is 8.73. The molecule has 0 saturated heterocycles. The SMILES string of the molecule is CC1(C)CCC(C)(C)c2cc(OCC3Cn4ccc(=O)nc4O3)ccc21. The molecule has 1 aromatic carbocycles. The molecule has 1 unspecified atom stereocenters. The van der Waals surface area contributed by atoms with E-state index in [1.54, 1.807) is 6.20 Å². The van der Waals surface area contributed by atoms with Crippen molar-refractivity contribution in [1.82, 2.24) is 9.55 Å². The first kappa shape index (κ1) is 17.1. The van der Waals surface area contributed by atoms with E-state index in [1.807, 2.05) is 4.57 Å². The summed E-state index contributed by atoms with van der Waals surface area (Å²) in [6, 6.07) is 8.30. The highest BCUT2D eigenvalue weighted by atomic mass is 16.6. The zero-order valence-corrected chi connectivity index (χ0v) is 15.9. The van der Waals surface area contributed by atoms with Gasteiger partial charge >= 0.3 is 0 Å². The molecule has 1 atom stereocenters. The van der Waals surface area contributed by atoms with E-state index in [9.17, 15) is 4.79 Å². The van der Waals surface area contributed by atoms with Crippen LogP contribution < -0.4 is 15.0 Å². The molecule has 0 fully saturated rings. The second-order valence-electron chi connectivity index (χ2n) is 8.73. The van der Waals surface area contributed by atoms with Crippen molar-refractivity contribution in [3.63, 3.8) is 0 Å². The van der Waals surface area contributed by atoms with Crippen LogP contribution in [0.2, 0.25) is 0 Å². The predicted molar refractivity (Wildman–Crippen MR) is 100 cm³/mol. The third kappa shape index (κ3) is 3.00. The van der Waals surface area contributed by atoms with Crippen LogP contribution in [-0.2, 0) is 17.4 Å². The average molecular weight is 354 g/mol. The Labute approximate surface area is 154 Å². The molecule has 4 rings (SSSR count). The molecule has 2 aliphatic rings. The number of aromatic nitrogens is 2. The Kier molecular flexibility index (Phi) is 3.86. The molecule has 0 saturated carbocycles. The van der Waals surface area contributed by atoms with Gasteiger partial charge in [-0.05, 0) is 46.9 Å². The van der Waals surface area contributed by atoms with Gasteiger partial charge < -0.3 is 9.47 Å². The molecule has 1 aliphatic heterocycles. The Morgan fingerprint density at radius 2 is 1.88 bits per heavy atom. The number of fused-ring (bicyclic) bond motifs is 2. The van der Waals surface area contributed by atoms with Gasteiger partial charge in [0.15, 0.2) is 6.10 Å². The third-order valence-electron chi connectivity index (χ3n) is 5.78. The molecule has 138 valence electrons. The van der Waals surface area contributed by atoms with Crippen LogP contribution in [0, 0.1) is 0 Å². The molecule has 2 aromatic rings. The normalized spacial score (nSPS) is 22.2. The summed E-state index contributed by atoms with van der Waals surface area (Å²) < 4.78 is 13.6. The zero-order valence-electron chi connectivity index (χ0n) is 15.9. The van der Waals surface area contributed by atoms with Gasteiger partial charge in [0, 0.05) is 12.3 Å². The minimum atomic E-state index is -0.280. The highest BCUT2D eigenvalue weighted by Crippen LogP contribution is 2.46. The molecular formula is C21H26N2O3. The maximum absolute atomic E-state index is 11.3. The van der Waals surface area contributed by atoms with Gasteiger partial charge in [0.05, 0.1) is 6.54 Å². The van der Waals surface area contributed by atoms with E-state index in [1.165, 1.54) is 30.0 Å². The second kappa shape index (κ2) is 5.86. The number of ether oxygens (including phenoxy) is 2. The van der Waals surface area contributed by atoms with E-state index < -0.39 is 0 Å². The first-order chi connectivity index (χ1) is 12.2. The van der Waals surface area contributed by atoms with Gasteiger partial charge in [-0.1, -0.05) is 33.8 Å². The molecule has 5 nitrogen and oxygen atoms in total. The first-order valence-corrected chi connectivity index (χ1v) is 9.27. The maximum atomic E-state index is 11.3. The molecule has 1 aromatic heterocycles. The fourth-order valence-corrected chi connectivity index (χ4v) is 3.99. The van der Waals surface area contributed by atoms with Crippen molar-refractivity contribution in [3.05, 3.63) is 51.9 Å².